The van der Waals surface area contributed by atoms with E-state index in [1.807, 2.05) is 6.07 Å². The highest BCUT2D eigenvalue weighted by atomic mass is 16.2. The highest BCUT2D eigenvalue weighted by Crippen LogP contribution is 2.24. The molecule has 0 radical (unpaired) electrons. The summed E-state index contributed by atoms with van der Waals surface area (Å²) in [6, 6.07) is 2.10. The average Bonchev–Trinajstić information content (AvgIpc) is 2.98. The Hall–Kier alpha value is -1.95. The standard InChI is InChI=1S/C18H27N5O/c1-22(2)10-15-11-23(17-8-9-19-13-20-17)12-16(15)21-18(24)14-6-4-3-5-7-14/h3-4,8-9,13-16H,5-7,10-12H2,1-2H3,(H,21,24)/t14?,15-,16-/m1/s1. The first kappa shape index (κ1) is 16.9. The van der Waals surface area contributed by atoms with Crippen molar-refractivity contribution in [2.24, 2.45) is 11.8 Å². The Morgan fingerprint density at radius 2 is 2.25 bits per heavy atom. The lowest BCUT2D eigenvalue weighted by atomic mass is 9.92. The van der Waals surface area contributed by atoms with Gasteiger partial charge in [-0.1, -0.05) is 12.2 Å². The quantitative estimate of drug-likeness (QED) is 0.826. The Morgan fingerprint density at radius 1 is 1.38 bits per heavy atom. The summed E-state index contributed by atoms with van der Waals surface area (Å²) in [6.07, 6.45) is 10.5. The topological polar surface area (TPSA) is 61.4 Å². The lowest BCUT2D eigenvalue weighted by molar-refractivity contribution is -0.126. The van der Waals surface area contributed by atoms with Crippen LogP contribution in [0.3, 0.4) is 0 Å². The molecule has 24 heavy (non-hydrogen) atoms. The van der Waals surface area contributed by atoms with Crippen LogP contribution in [-0.2, 0) is 4.79 Å². The highest BCUT2D eigenvalue weighted by Gasteiger charge is 2.35. The van der Waals surface area contributed by atoms with Crippen molar-refractivity contribution in [1.82, 2.24) is 20.2 Å². The number of amides is 1. The summed E-state index contributed by atoms with van der Waals surface area (Å²) >= 11 is 0. The van der Waals surface area contributed by atoms with Crippen LogP contribution < -0.4 is 10.2 Å². The molecule has 1 aromatic heterocycles. The lowest BCUT2D eigenvalue weighted by Crippen LogP contribution is -2.45. The fourth-order valence-corrected chi connectivity index (χ4v) is 3.68. The number of allylic oxidation sites excluding steroid dienone is 2. The van der Waals surface area contributed by atoms with Crippen LogP contribution >= 0.6 is 0 Å². The van der Waals surface area contributed by atoms with E-state index in [4.69, 9.17) is 0 Å². The molecule has 3 atom stereocenters. The lowest BCUT2D eigenvalue weighted by Gasteiger charge is -2.25. The monoisotopic (exact) mass is 329 g/mol. The molecule has 0 aromatic carbocycles. The third-order valence-corrected chi connectivity index (χ3v) is 4.90. The molecule has 1 amide bonds. The molecule has 1 saturated heterocycles. The fourth-order valence-electron chi connectivity index (χ4n) is 3.68. The number of nitrogens with one attached hydrogen (secondary N) is 1. The van der Waals surface area contributed by atoms with E-state index in [2.05, 4.69) is 51.3 Å². The normalized spacial score (nSPS) is 26.8. The van der Waals surface area contributed by atoms with Gasteiger partial charge in [0.05, 0.1) is 6.04 Å². The van der Waals surface area contributed by atoms with Crippen LogP contribution in [0.5, 0.6) is 0 Å². The number of anilines is 1. The van der Waals surface area contributed by atoms with Gasteiger partial charge in [-0.2, -0.15) is 0 Å². The second-order valence-electron chi connectivity index (χ2n) is 7.09. The molecule has 1 aliphatic carbocycles. The average molecular weight is 329 g/mol. The molecular formula is C18H27N5O. The molecular weight excluding hydrogens is 302 g/mol. The van der Waals surface area contributed by atoms with Crippen molar-refractivity contribution < 1.29 is 4.79 Å². The van der Waals surface area contributed by atoms with Crippen molar-refractivity contribution in [3.8, 4) is 0 Å². The summed E-state index contributed by atoms with van der Waals surface area (Å²) in [5.74, 6) is 1.67. The number of rotatable bonds is 5. The van der Waals surface area contributed by atoms with E-state index >= 15 is 0 Å². The Labute approximate surface area is 144 Å². The number of hydrogen-bond acceptors (Lipinski definition) is 5. The van der Waals surface area contributed by atoms with Crippen molar-refractivity contribution in [3.05, 3.63) is 30.7 Å². The maximum Gasteiger partial charge on any atom is 0.223 e. The minimum absolute atomic E-state index is 0.128. The third kappa shape index (κ3) is 4.12. The van der Waals surface area contributed by atoms with E-state index in [1.54, 1.807) is 12.5 Å². The molecule has 1 fully saturated rings. The molecule has 2 aliphatic rings. The molecule has 2 heterocycles. The Kier molecular flexibility index (Phi) is 5.45. The minimum atomic E-state index is 0.128. The van der Waals surface area contributed by atoms with Crippen LogP contribution in [-0.4, -0.2) is 60.5 Å². The summed E-state index contributed by atoms with van der Waals surface area (Å²) < 4.78 is 0. The second kappa shape index (κ2) is 7.75. The summed E-state index contributed by atoms with van der Waals surface area (Å²) in [5.41, 5.74) is 0. The number of aromatic nitrogens is 2. The number of carbonyl (C=O) groups excluding carboxylic acids is 1. The van der Waals surface area contributed by atoms with Crippen molar-refractivity contribution >= 4 is 11.7 Å². The SMILES string of the molecule is CN(C)C[C@@H]1CN(c2ccncn2)C[C@H]1NC(=O)C1CC=CCC1. The zero-order chi connectivity index (χ0) is 16.9. The molecule has 6 nitrogen and oxygen atoms in total. The number of carbonyl (C=O) groups is 1. The van der Waals surface area contributed by atoms with E-state index in [0.29, 0.717) is 5.92 Å². The molecule has 6 heteroatoms. The zero-order valence-electron chi connectivity index (χ0n) is 14.6. The summed E-state index contributed by atoms with van der Waals surface area (Å²) in [6.45, 7) is 2.67. The van der Waals surface area contributed by atoms with Crippen LogP contribution in [0.2, 0.25) is 0 Å². The molecule has 1 aromatic rings. The van der Waals surface area contributed by atoms with Gasteiger partial charge < -0.3 is 15.1 Å². The first-order valence-electron chi connectivity index (χ1n) is 8.74. The van der Waals surface area contributed by atoms with Crippen LogP contribution in [0, 0.1) is 11.8 Å². The fraction of sp³-hybridized carbons (Fsp3) is 0.611. The molecule has 1 aliphatic heterocycles. The molecule has 0 bridgehead atoms. The number of hydrogen-bond donors (Lipinski definition) is 1. The molecule has 0 saturated carbocycles. The van der Waals surface area contributed by atoms with E-state index in [-0.39, 0.29) is 17.9 Å². The van der Waals surface area contributed by atoms with Crippen LogP contribution in [0.1, 0.15) is 19.3 Å². The summed E-state index contributed by atoms with van der Waals surface area (Å²) in [7, 11) is 4.16. The van der Waals surface area contributed by atoms with Gasteiger partial charge in [0.1, 0.15) is 12.1 Å². The minimum Gasteiger partial charge on any atom is -0.354 e. The molecule has 3 rings (SSSR count). The van der Waals surface area contributed by atoms with Gasteiger partial charge in [0, 0.05) is 37.7 Å². The molecule has 1 N–H and O–H groups in total. The van der Waals surface area contributed by atoms with Crippen LogP contribution in [0.15, 0.2) is 30.7 Å². The van der Waals surface area contributed by atoms with Crippen molar-refractivity contribution in [2.75, 3.05) is 38.6 Å². The van der Waals surface area contributed by atoms with Crippen molar-refractivity contribution in [2.45, 2.75) is 25.3 Å². The highest BCUT2D eigenvalue weighted by molar-refractivity contribution is 5.79. The van der Waals surface area contributed by atoms with Gasteiger partial charge >= 0.3 is 0 Å². The largest absolute Gasteiger partial charge is 0.354 e. The van der Waals surface area contributed by atoms with Crippen LogP contribution in [0.4, 0.5) is 5.82 Å². The van der Waals surface area contributed by atoms with Gasteiger partial charge in [-0.25, -0.2) is 9.97 Å². The van der Waals surface area contributed by atoms with Gasteiger partial charge in [0.2, 0.25) is 5.91 Å². The second-order valence-corrected chi connectivity index (χ2v) is 7.09. The van der Waals surface area contributed by atoms with Gasteiger partial charge in [-0.05, 0) is 39.4 Å². The van der Waals surface area contributed by atoms with E-state index in [0.717, 1.165) is 44.7 Å². The third-order valence-electron chi connectivity index (χ3n) is 4.90. The predicted octanol–water partition coefficient (Wildman–Crippen LogP) is 1.32. The zero-order valence-corrected chi connectivity index (χ0v) is 14.6. The maximum atomic E-state index is 12.6. The predicted molar refractivity (Wildman–Crippen MR) is 94.7 cm³/mol. The summed E-state index contributed by atoms with van der Waals surface area (Å²) in [5, 5.41) is 3.32. The van der Waals surface area contributed by atoms with E-state index in [9.17, 15) is 4.79 Å². The van der Waals surface area contributed by atoms with Gasteiger partial charge in [-0.3, -0.25) is 4.79 Å². The molecule has 1 unspecified atom stereocenters. The van der Waals surface area contributed by atoms with Crippen LogP contribution in [0.25, 0.3) is 0 Å². The first-order valence-corrected chi connectivity index (χ1v) is 8.74. The van der Waals surface area contributed by atoms with E-state index < -0.39 is 0 Å². The smallest absolute Gasteiger partial charge is 0.223 e. The number of nitrogens with zero attached hydrogens (tertiary/aromatic N) is 4. The Morgan fingerprint density at radius 3 is 2.92 bits per heavy atom. The Balaban J connectivity index is 1.66. The molecule has 130 valence electrons. The maximum absolute atomic E-state index is 12.6. The Bertz CT molecular complexity index is 574. The van der Waals surface area contributed by atoms with Crippen molar-refractivity contribution in [1.29, 1.82) is 0 Å². The van der Waals surface area contributed by atoms with Gasteiger partial charge in [0.25, 0.3) is 0 Å². The first-order chi connectivity index (χ1) is 11.6. The van der Waals surface area contributed by atoms with Gasteiger partial charge in [0.15, 0.2) is 0 Å². The molecule has 0 spiro atoms. The van der Waals surface area contributed by atoms with E-state index in [1.165, 1.54) is 0 Å². The van der Waals surface area contributed by atoms with Gasteiger partial charge in [-0.15, -0.1) is 0 Å². The van der Waals surface area contributed by atoms with Crippen molar-refractivity contribution in [3.63, 3.8) is 0 Å². The summed E-state index contributed by atoms with van der Waals surface area (Å²) in [4.78, 5) is 25.4.